The summed E-state index contributed by atoms with van der Waals surface area (Å²) in [7, 11) is 1.71. The van der Waals surface area contributed by atoms with E-state index < -0.39 is 0 Å². The van der Waals surface area contributed by atoms with Gasteiger partial charge in [-0.2, -0.15) is 0 Å². The third-order valence-corrected chi connectivity index (χ3v) is 5.24. The number of aryl methyl sites for hydroxylation is 1. The molecule has 0 radical (unpaired) electrons. The Morgan fingerprint density at radius 1 is 1.17 bits per heavy atom. The van der Waals surface area contributed by atoms with Gasteiger partial charge in [-0.3, -0.25) is 9.79 Å². The smallest absolute Gasteiger partial charge is 0.242 e. The summed E-state index contributed by atoms with van der Waals surface area (Å²) in [5, 5.41) is 6.43. The van der Waals surface area contributed by atoms with Gasteiger partial charge in [-0.05, 0) is 42.5 Å². The van der Waals surface area contributed by atoms with Crippen LogP contribution >= 0.6 is 0 Å². The molecule has 0 saturated heterocycles. The molecule has 1 aliphatic heterocycles. The zero-order valence-corrected chi connectivity index (χ0v) is 18.2. The Labute approximate surface area is 179 Å². The van der Waals surface area contributed by atoms with Crippen LogP contribution in [0.3, 0.4) is 0 Å². The molecule has 6 nitrogen and oxygen atoms in total. The van der Waals surface area contributed by atoms with Crippen LogP contribution in [0.2, 0.25) is 0 Å². The Hall–Kier alpha value is -3.02. The molecule has 0 aliphatic carbocycles. The minimum atomic E-state index is 0.0785. The third kappa shape index (κ3) is 5.75. The molecule has 6 heteroatoms. The maximum atomic E-state index is 12.7. The van der Waals surface area contributed by atoms with Crippen molar-refractivity contribution in [3.8, 4) is 5.75 Å². The van der Waals surface area contributed by atoms with Crippen LogP contribution in [0.1, 0.15) is 35.6 Å². The van der Waals surface area contributed by atoms with E-state index in [2.05, 4.69) is 65.9 Å². The number of carbonyl (C=O) groups is 1. The van der Waals surface area contributed by atoms with Gasteiger partial charge in [-0.25, -0.2) is 0 Å². The summed E-state index contributed by atoms with van der Waals surface area (Å²) in [5.41, 5.74) is 4.81. The quantitative estimate of drug-likeness (QED) is 0.546. The number of ether oxygens (including phenoxy) is 1. The Balaban J connectivity index is 1.51. The fourth-order valence-corrected chi connectivity index (χ4v) is 3.53. The van der Waals surface area contributed by atoms with Crippen molar-refractivity contribution in [3.63, 3.8) is 0 Å². The van der Waals surface area contributed by atoms with E-state index in [4.69, 9.17) is 4.74 Å². The van der Waals surface area contributed by atoms with E-state index in [1.807, 2.05) is 11.0 Å². The Morgan fingerprint density at radius 3 is 2.73 bits per heavy atom. The predicted octanol–water partition coefficient (Wildman–Crippen LogP) is 3.03. The van der Waals surface area contributed by atoms with Gasteiger partial charge in [0.1, 0.15) is 5.75 Å². The highest BCUT2D eigenvalue weighted by Gasteiger charge is 2.20. The lowest BCUT2D eigenvalue weighted by Crippen LogP contribution is -2.45. The predicted molar refractivity (Wildman–Crippen MR) is 121 cm³/mol. The second-order valence-corrected chi connectivity index (χ2v) is 7.57. The minimum absolute atomic E-state index is 0.0785. The van der Waals surface area contributed by atoms with Gasteiger partial charge >= 0.3 is 0 Å². The zero-order chi connectivity index (χ0) is 21.3. The molecule has 0 saturated carbocycles. The molecular formula is C24H32N4O2. The number of carbonyl (C=O) groups excluding carboxylic acids is 1. The number of nitrogens with zero attached hydrogens (tertiary/aromatic N) is 2. The van der Waals surface area contributed by atoms with E-state index >= 15 is 0 Å². The highest BCUT2D eigenvalue weighted by Crippen LogP contribution is 2.21. The van der Waals surface area contributed by atoms with Crippen molar-refractivity contribution in [2.24, 2.45) is 4.99 Å². The molecule has 2 aromatic carbocycles. The first-order valence-corrected chi connectivity index (χ1v) is 10.6. The maximum Gasteiger partial charge on any atom is 0.242 e. The molecular weight excluding hydrogens is 376 g/mol. The first kappa shape index (κ1) is 21.7. The second-order valence-electron chi connectivity index (χ2n) is 7.57. The molecule has 2 aromatic rings. The van der Waals surface area contributed by atoms with Crippen molar-refractivity contribution in [2.75, 3.05) is 26.7 Å². The average Bonchev–Trinajstić information content (AvgIpc) is 2.78. The number of fused-ring (bicyclic) bond motifs is 1. The summed E-state index contributed by atoms with van der Waals surface area (Å²) in [6.45, 7) is 7.06. The van der Waals surface area contributed by atoms with Crippen molar-refractivity contribution in [2.45, 2.75) is 39.8 Å². The van der Waals surface area contributed by atoms with E-state index in [1.54, 1.807) is 7.05 Å². The van der Waals surface area contributed by atoms with Crippen LogP contribution in [0.4, 0.5) is 0 Å². The lowest BCUT2D eigenvalue weighted by Gasteiger charge is -2.29. The fraction of sp³-hybridized carbons (Fsp3) is 0.417. The largest absolute Gasteiger partial charge is 0.493 e. The van der Waals surface area contributed by atoms with E-state index in [9.17, 15) is 4.79 Å². The zero-order valence-electron chi connectivity index (χ0n) is 18.2. The standard InChI is InChI=1S/C24H32N4O2/c1-4-13-30-22-14-18(2)9-10-20(22)15-26-24(25-3)27-16-23(29)28-12-11-19-7-5-6-8-21(19)17-28/h5-10,14H,4,11-13,15-17H2,1-3H3,(H2,25,26,27). The van der Waals surface area contributed by atoms with Crippen LogP contribution in [-0.2, 0) is 24.3 Å². The fourth-order valence-electron chi connectivity index (χ4n) is 3.53. The minimum Gasteiger partial charge on any atom is -0.493 e. The van der Waals surface area contributed by atoms with Crippen molar-refractivity contribution >= 4 is 11.9 Å². The molecule has 160 valence electrons. The van der Waals surface area contributed by atoms with Gasteiger partial charge in [0.05, 0.1) is 13.2 Å². The van der Waals surface area contributed by atoms with Crippen LogP contribution in [-0.4, -0.2) is 43.5 Å². The lowest BCUT2D eigenvalue weighted by atomic mass is 10.00. The molecule has 3 rings (SSSR count). The molecule has 30 heavy (non-hydrogen) atoms. The summed E-state index contributed by atoms with van der Waals surface area (Å²) >= 11 is 0. The van der Waals surface area contributed by atoms with Gasteiger partial charge in [0.2, 0.25) is 5.91 Å². The molecule has 0 atom stereocenters. The summed E-state index contributed by atoms with van der Waals surface area (Å²) in [6, 6.07) is 14.5. The number of hydrogen-bond donors (Lipinski definition) is 2. The van der Waals surface area contributed by atoms with Crippen molar-refractivity contribution in [1.82, 2.24) is 15.5 Å². The monoisotopic (exact) mass is 408 g/mol. The van der Waals surface area contributed by atoms with Crippen LogP contribution in [0.15, 0.2) is 47.5 Å². The van der Waals surface area contributed by atoms with E-state index in [1.165, 1.54) is 16.7 Å². The number of hydrogen-bond acceptors (Lipinski definition) is 3. The van der Waals surface area contributed by atoms with Crippen LogP contribution in [0.5, 0.6) is 5.75 Å². The average molecular weight is 409 g/mol. The summed E-state index contributed by atoms with van der Waals surface area (Å²) in [4.78, 5) is 18.8. The number of guanidine groups is 1. The van der Waals surface area contributed by atoms with Gasteiger partial charge < -0.3 is 20.3 Å². The summed E-state index contributed by atoms with van der Waals surface area (Å²) < 4.78 is 5.88. The van der Waals surface area contributed by atoms with Gasteiger partial charge in [0.15, 0.2) is 5.96 Å². The number of amides is 1. The highest BCUT2D eigenvalue weighted by molar-refractivity contribution is 5.86. The van der Waals surface area contributed by atoms with E-state index in [0.717, 1.165) is 30.7 Å². The molecule has 0 fully saturated rings. The molecule has 0 aromatic heterocycles. The van der Waals surface area contributed by atoms with Crippen LogP contribution in [0.25, 0.3) is 0 Å². The first-order valence-electron chi connectivity index (χ1n) is 10.6. The Bertz CT molecular complexity index is 895. The number of benzene rings is 2. The topological polar surface area (TPSA) is 66.0 Å². The molecule has 1 aliphatic rings. The van der Waals surface area contributed by atoms with Crippen LogP contribution < -0.4 is 15.4 Å². The molecule has 1 amide bonds. The van der Waals surface area contributed by atoms with Crippen molar-refractivity contribution < 1.29 is 9.53 Å². The number of aliphatic imine (C=N–C) groups is 1. The maximum absolute atomic E-state index is 12.7. The number of nitrogens with one attached hydrogen (secondary N) is 2. The third-order valence-electron chi connectivity index (χ3n) is 5.24. The summed E-state index contributed by atoms with van der Waals surface area (Å²) in [5.74, 6) is 1.57. The highest BCUT2D eigenvalue weighted by atomic mass is 16.5. The second kappa shape index (κ2) is 10.7. The lowest BCUT2D eigenvalue weighted by molar-refractivity contribution is -0.130. The van der Waals surface area contributed by atoms with Gasteiger partial charge in [0.25, 0.3) is 0 Å². The molecule has 0 bridgehead atoms. The van der Waals surface area contributed by atoms with E-state index in [-0.39, 0.29) is 12.5 Å². The SMILES string of the molecule is CCCOc1cc(C)ccc1CNC(=NC)NCC(=O)N1CCc2ccccc2C1. The molecule has 1 heterocycles. The van der Waals surface area contributed by atoms with Crippen LogP contribution in [0, 0.1) is 6.92 Å². The van der Waals surface area contributed by atoms with Gasteiger partial charge in [0, 0.05) is 32.2 Å². The first-order chi connectivity index (χ1) is 14.6. The van der Waals surface area contributed by atoms with Crippen molar-refractivity contribution in [3.05, 3.63) is 64.7 Å². The molecule has 0 spiro atoms. The molecule has 2 N–H and O–H groups in total. The summed E-state index contributed by atoms with van der Waals surface area (Å²) in [6.07, 6.45) is 1.87. The van der Waals surface area contributed by atoms with Gasteiger partial charge in [-0.15, -0.1) is 0 Å². The van der Waals surface area contributed by atoms with Crippen molar-refractivity contribution in [1.29, 1.82) is 0 Å². The Morgan fingerprint density at radius 2 is 1.97 bits per heavy atom. The van der Waals surface area contributed by atoms with Gasteiger partial charge in [-0.1, -0.05) is 43.3 Å². The molecule has 0 unspecified atom stereocenters. The number of rotatable bonds is 7. The Kier molecular flexibility index (Phi) is 7.71. The normalized spacial score (nSPS) is 13.6. The van der Waals surface area contributed by atoms with E-state index in [0.29, 0.717) is 25.7 Å².